The molecule has 0 unspecified atom stereocenters. The zero-order chi connectivity index (χ0) is 48.2. The number of nitrogens with zero attached hydrogens (tertiary/aromatic N) is 10. The van der Waals surface area contributed by atoms with Crippen LogP contribution in [0, 0.1) is 0 Å². The van der Waals surface area contributed by atoms with Crippen molar-refractivity contribution >= 4 is 59.6 Å². The Morgan fingerprint density at radius 2 is 0.338 bits per heavy atom. The Morgan fingerprint density at radius 3 is 0.462 bits per heavy atom. The normalized spacial score (nSPS) is 14.2. The van der Waals surface area contributed by atoms with Crippen LogP contribution in [0.5, 0.6) is 0 Å². The number of guanidine groups is 10. The van der Waals surface area contributed by atoms with Crippen LogP contribution in [-0.4, -0.2) is 125 Å². The Morgan fingerprint density at radius 1 is 0.215 bits per heavy atom. The summed E-state index contributed by atoms with van der Waals surface area (Å²) >= 11 is 0. The minimum atomic E-state index is 0.246. The zero-order valence-corrected chi connectivity index (χ0v) is 39.5. The molecular formula is C40H87N25. The lowest BCUT2D eigenvalue weighted by atomic mass is 10.2. The maximum atomic E-state index is 5.97. The number of rotatable bonds is 32. The van der Waals surface area contributed by atoms with Gasteiger partial charge in [0.1, 0.15) is 0 Å². The molecule has 0 amide bonds. The van der Waals surface area contributed by atoms with E-state index in [1.54, 1.807) is 0 Å². The molecule has 0 aromatic rings. The molecule has 0 atom stereocenters. The molecule has 0 aromatic heterocycles. The predicted molar refractivity (Wildman–Crippen MR) is 275 cm³/mol. The van der Waals surface area contributed by atoms with Crippen LogP contribution in [-0.2, 0) is 0 Å². The highest BCUT2D eigenvalue weighted by molar-refractivity contribution is 5.99. The summed E-state index contributed by atoms with van der Waals surface area (Å²) in [5.74, 6) is 2.62. The van der Waals surface area contributed by atoms with Crippen molar-refractivity contribution in [2.75, 3.05) is 65.4 Å². The lowest BCUT2D eigenvalue weighted by Gasteiger charge is -2.06. The van der Waals surface area contributed by atoms with Crippen molar-refractivity contribution in [3.05, 3.63) is 0 Å². The second-order valence-electron chi connectivity index (χ2n) is 15.0. The molecule has 25 nitrogen and oxygen atoms in total. The van der Waals surface area contributed by atoms with E-state index in [0.717, 1.165) is 116 Å². The lowest BCUT2D eigenvalue weighted by Crippen LogP contribution is -2.41. The molecule has 0 saturated heterocycles. The van der Waals surface area contributed by atoms with Crippen molar-refractivity contribution in [2.45, 2.75) is 129 Å². The van der Waals surface area contributed by atoms with Gasteiger partial charge in [0.05, 0.1) is 0 Å². The predicted octanol–water partition coefficient (Wildman–Crippen LogP) is -0.857. The molecule has 372 valence electrons. The van der Waals surface area contributed by atoms with Gasteiger partial charge in [-0.15, -0.1) is 0 Å². The Balaban J connectivity index is 3.94. The molecular weight excluding hydrogens is 831 g/mol. The molecule has 25 heteroatoms. The number of aliphatic imine (C=N–C) groups is 10. The molecule has 0 rings (SSSR count). The smallest absolute Gasteiger partial charge is 0.195 e. The van der Waals surface area contributed by atoms with E-state index in [9.17, 15) is 0 Å². The first-order valence-electron chi connectivity index (χ1n) is 23.2. The van der Waals surface area contributed by atoms with Crippen LogP contribution in [0.3, 0.4) is 0 Å². The number of nitrogens with two attached hydrogens (primary N) is 10. The van der Waals surface area contributed by atoms with Gasteiger partial charge in [-0.05, 0) is 64.2 Å². The summed E-state index contributed by atoms with van der Waals surface area (Å²) < 4.78 is 0. The number of unbranched alkanes of at least 4 members (excludes halogenated alkanes) is 12. The van der Waals surface area contributed by atoms with Crippen molar-refractivity contribution < 1.29 is 0 Å². The fourth-order valence-electron chi connectivity index (χ4n) is 5.42. The quantitative estimate of drug-likeness (QED) is 0.0222. The number of nitrogens with one attached hydrogen (secondary N) is 5. The first-order valence-corrected chi connectivity index (χ1v) is 23.2. The van der Waals surface area contributed by atoms with Gasteiger partial charge in [0.15, 0.2) is 59.6 Å². The average Bonchev–Trinajstić information content (AvgIpc) is 3.25. The van der Waals surface area contributed by atoms with Crippen LogP contribution < -0.4 is 83.9 Å². The molecule has 0 bridgehead atoms. The van der Waals surface area contributed by atoms with Gasteiger partial charge < -0.3 is 57.3 Å². The van der Waals surface area contributed by atoms with Gasteiger partial charge in [-0.25, -0.2) is 0 Å². The van der Waals surface area contributed by atoms with Gasteiger partial charge in [0.2, 0.25) is 0 Å². The third kappa shape index (κ3) is 41.5. The summed E-state index contributed by atoms with van der Waals surface area (Å²) in [7, 11) is 0. The summed E-state index contributed by atoms with van der Waals surface area (Å²) in [6, 6.07) is 0. The van der Waals surface area contributed by atoms with Gasteiger partial charge in [-0.1, -0.05) is 65.2 Å². The summed E-state index contributed by atoms with van der Waals surface area (Å²) in [6.45, 7) is 10.1. The molecule has 0 aliphatic heterocycles. The van der Waals surface area contributed by atoms with Gasteiger partial charge in [0.25, 0.3) is 0 Å². The Bertz CT molecular complexity index is 1430. The van der Waals surface area contributed by atoms with Crippen molar-refractivity contribution in [3.63, 3.8) is 0 Å². The van der Waals surface area contributed by atoms with E-state index in [4.69, 9.17) is 57.3 Å². The number of hydrogen-bond donors (Lipinski definition) is 15. The summed E-state index contributed by atoms with van der Waals surface area (Å²) in [5.41, 5.74) is 58.8. The molecule has 0 aliphatic carbocycles. The third-order valence-electron chi connectivity index (χ3n) is 8.81. The molecule has 65 heavy (non-hydrogen) atoms. The van der Waals surface area contributed by atoms with E-state index in [1.165, 1.54) is 0 Å². The summed E-state index contributed by atoms with van der Waals surface area (Å²) in [4.78, 5) is 42.7. The maximum Gasteiger partial charge on any atom is 0.195 e. The van der Waals surface area contributed by atoms with Crippen molar-refractivity contribution in [1.82, 2.24) is 26.6 Å². The molecule has 0 radical (unpaired) electrons. The minimum Gasteiger partial charge on any atom is -0.370 e. The largest absolute Gasteiger partial charge is 0.370 e. The SMILES string of the molecule is CCCN=C(N)NC(N)=NCCCCCCN=C(N)NC(N)=NCCCCCCN=C(N)NC(N)=NCCCCCCN=C(N)NC(N)=NCCCCCCN=C(N)NC(N)=NCCC. The second kappa shape index (κ2) is 41.7. The second-order valence-corrected chi connectivity index (χ2v) is 15.0. The Labute approximate surface area is 387 Å². The van der Waals surface area contributed by atoms with Crippen LogP contribution in [0.2, 0.25) is 0 Å². The van der Waals surface area contributed by atoms with Crippen LogP contribution in [0.25, 0.3) is 0 Å². The minimum absolute atomic E-state index is 0.246. The topological polar surface area (TPSA) is 444 Å². The van der Waals surface area contributed by atoms with Crippen LogP contribution >= 0.6 is 0 Å². The van der Waals surface area contributed by atoms with Gasteiger partial charge in [0, 0.05) is 65.4 Å². The van der Waals surface area contributed by atoms with E-state index in [1.807, 2.05) is 13.8 Å². The van der Waals surface area contributed by atoms with Crippen molar-refractivity contribution in [3.8, 4) is 0 Å². The highest BCUT2D eigenvalue weighted by atomic mass is 15.2. The molecule has 0 fully saturated rings. The molecule has 25 N–H and O–H groups in total. The van der Waals surface area contributed by atoms with Crippen LogP contribution in [0.4, 0.5) is 0 Å². The van der Waals surface area contributed by atoms with E-state index < -0.39 is 0 Å². The fourth-order valence-corrected chi connectivity index (χ4v) is 5.42. The highest BCUT2D eigenvalue weighted by Crippen LogP contribution is 2.03. The fraction of sp³-hybridized carbons (Fsp3) is 0.750. The molecule has 0 aliphatic rings. The standard InChI is InChI=1S/C40H87N25/c1-3-21-51-31(41)61-33(43)53-23-13-5-7-15-25-55-35(45)63-37(47)57-27-17-9-11-19-29-59-39(49)65-40(50)60-30-20-12-10-18-28-58-38(48)64-36(46)56-26-16-8-6-14-24-54-34(44)62-32(42)52-22-4-2/h3-30H2,1-2H3,(H5,41,43,51,53,61)(H5,42,44,52,54,62)(H5,45,47,55,57,63)(H5,46,48,56,58,64)(H5,49,50,59,60,65). The van der Waals surface area contributed by atoms with Crippen LogP contribution in [0.1, 0.15) is 129 Å². The van der Waals surface area contributed by atoms with E-state index >= 15 is 0 Å². The zero-order valence-electron chi connectivity index (χ0n) is 39.5. The molecule has 0 saturated carbocycles. The van der Waals surface area contributed by atoms with Gasteiger partial charge in [-0.2, -0.15) is 0 Å². The average molecular weight is 918 g/mol. The summed E-state index contributed by atoms with van der Waals surface area (Å²) in [5, 5.41) is 14.1. The van der Waals surface area contributed by atoms with Gasteiger partial charge >= 0.3 is 0 Å². The molecule has 0 spiro atoms. The van der Waals surface area contributed by atoms with E-state index in [0.29, 0.717) is 65.4 Å². The molecule has 0 heterocycles. The highest BCUT2D eigenvalue weighted by Gasteiger charge is 2.01. The Kier molecular flexibility index (Phi) is 37.7. The Hall–Kier alpha value is -6.30. The first kappa shape index (κ1) is 58.7. The van der Waals surface area contributed by atoms with E-state index in [-0.39, 0.29) is 59.6 Å². The first-order chi connectivity index (χ1) is 31.4. The number of hydrogen-bond acceptors (Lipinski definition) is 10. The maximum absolute atomic E-state index is 5.97. The van der Waals surface area contributed by atoms with Crippen LogP contribution in [0.15, 0.2) is 49.9 Å². The van der Waals surface area contributed by atoms with Crippen molar-refractivity contribution in [2.24, 2.45) is 107 Å². The van der Waals surface area contributed by atoms with E-state index in [2.05, 4.69) is 76.5 Å². The molecule has 0 aromatic carbocycles. The van der Waals surface area contributed by atoms with Gasteiger partial charge in [-0.3, -0.25) is 76.5 Å². The van der Waals surface area contributed by atoms with Crippen molar-refractivity contribution in [1.29, 1.82) is 0 Å². The monoisotopic (exact) mass is 918 g/mol. The lowest BCUT2D eigenvalue weighted by molar-refractivity contribution is 0.651. The third-order valence-corrected chi connectivity index (χ3v) is 8.81. The summed E-state index contributed by atoms with van der Waals surface area (Å²) in [6.07, 6.45) is 16.9.